The van der Waals surface area contributed by atoms with Gasteiger partial charge in [0.05, 0.1) is 7.11 Å². The Kier molecular flexibility index (Phi) is 8.47. The van der Waals surface area contributed by atoms with E-state index in [-0.39, 0.29) is 5.91 Å². The number of benzene rings is 2. The molecule has 2 aromatic carbocycles. The summed E-state index contributed by atoms with van der Waals surface area (Å²) in [5.41, 5.74) is 4.44. The molecule has 0 spiro atoms. The Morgan fingerprint density at radius 3 is 2.31 bits per heavy atom. The van der Waals surface area contributed by atoms with Gasteiger partial charge >= 0.3 is 0 Å². The molecule has 6 heteroatoms. The smallest absolute Gasteiger partial charge is 0.272 e. The largest absolute Gasteiger partial charge is 0.489 e. The number of thioether (sulfide) groups is 1. The molecule has 1 N–H and O–H groups in total. The molecule has 2 aromatic rings. The first kappa shape index (κ1) is 20.3. The van der Waals surface area contributed by atoms with E-state index in [4.69, 9.17) is 9.47 Å². The molecule has 140 valence electrons. The van der Waals surface area contributed by atoms with Gasteiger partial charge in [0.15, 0.2) is 0 Å². The average molecular weight is 375 g/mol. The topological polar surface area (TPSA) is 56.8 Å². The normalized spacial score (nSPS) is 11.8. The summed E-state index contributed by atoms with van der Waals surface area (Å²) in [5, 5.41) is 0. The van der Waals surface area contributed by atoms with Gasteiger partial charge in [-0.05, 0) is 48.6 Å². The van der Waals surface area contributed by atoms with Crippen molar-refractivity contribution in [2.24, 2.45) is 0 Å². The van der Waals surface area contributed by atoms with Crippen LogP contribution in [0.1, 0.15) is 18.1 Å². The van der Waals surface area contributed by atoms with Crippen molar-refractivity contribution < 1.29 is 19.1 Å². The van der Waals surface area contributed by atoms with E-state index in [2.05, 4.69) is 40.8 Å². The zero-order chi connectivity index (χ0) is 18.8. The zero-order valence-corrected chi connectivity index (χ0v) is 16.2. The Morgan fingerprint density at radius 2 is 1.73 bits per heavy atom. The van der Waals surface area contributed by atoms with Crippen molar-refractivity contribution >= 4 is 17.7 Å². The number of hydrogen-bond donors (Lipinski definition) is 1. The van der Waals surface area contributed by atoms with E-state index < -0.39 is 6.10 Å². The summed E-state index contributed by atoms with van der Waals surface area (Å²) in [6, 6.07) is 16.0. The Morgan fingerprint density at radius 1 is 1.08 bits per heavy atom. The van der Waals surface area contributed by atoms with Crippen LogP contribution in [0.25, 0.3) is 0 Å². The fourth-order valence-electron chi connectivity index (χ4n) is 2.42. The summed E-state index contributed by atoms with van der Waals surface area (Å²) in [6.07, 6.45) is 1.95. The third kappa shape index (κ3) is 6.37. The van der Waals surface area contributed by atoms with E-state index in [1.54, 1.807) is 11.8 Å². The van der Waals surface area contributed by atoms with E-state index in [0.717, 1.165) is 16.9 Å². The van der Waals surface area contributed by atoms with Crippen molar-refractivity contribution in [1.29, 1.82) is 0 Å². The molecule has 5 nitrogen and oxygen atoms in total. The summed E-state index contributed by atoms with van der Waals surface area (Å²) in [7, 11) is 1.40. The quantitative estimate of drug-likeness (QED) is 0.508. The van der Waals surface area contributed by atoms with Gasteiger partial charge in [0.25, 0.3) is 5.91 Å². The molecular weight excluding hydrogens is 350 g/mol. The van der Waals surface area contributed by atoms with E-state index in [1.807, 2.05) is 31.2 Å². The number of ether oxygens (including phenoxy) is 2. The third-order valence-corrected chi connectivity index (χ3v) is 4.52. The fraction of sp³-hybridized carbons (Fsp3) is 0.350. The summed E-state index contributed by atoms with van der Waals surface area (Å²) in [5.74, 6) is 0.500. The molecule has 0 saturated heterocycles. The lowest BCUT2D eigenvalue weighted by molar-refractivity contribution is -0.143. The van der Waals surface area contributed by atoms with E-state index in [1.165, 1.54) is 12.0 Å². The van der Waals surface area contributed by atoms with Gasteiger partial charge in [-0.25, -0.2) is 5.48 Å². The van der Waals surface area contributed by atoms with Gasteiger partial charge in [0.2, 0.25) is 0 Å². The molecule has 2 rings (SSSR count). The zero-order valence-electron chi connectivity index (χ0n) is 15.4. The number of hydroxylamine groups is 1. The SMILES string of the molecule is CCO[C@@H](Cc1ccc(OCc2ccc(SC)cc2)cc1)C(=O)NOC. The molecule has 0 aliphatic carbocycles. The van der Waals surface area contributed by atoms with Crippen LogP contribution in [0.2, 0.25) is 0 Å². The molecule has 0 aliphatic heterocycles. The number of amides is 1. The molecule has 0 unspecified atom stereocenters. The van der Waals surface area contributed by atoms with Crippen LogP contribution in [-0.2, 0) is 27.4 Å². The van der Waals surface area contributed by atoms with Gasteiger partial charge in [-0.1, -0.05) is 24.3 Å². The maximum absolute atomic E-state index is 11.9. The minimum absolute atomic E-state index is 0.289. The van der Waals surface area contributed by atoms with Crippen molar-refractivity contribution in [3.63, 3.8) is 0 Å². The van der Waals surface area contributed by atoms with Crippen molar-refractivity contribution in [3.05, 3.63) is 59.7 Å². The number of nitrogens with one attached hydrogen (secondary N) is 1. The third-order valence-electron chi connectivity index (χ3n) is 3.77. The molecule has 0 radical (unpaired) electrons. The molecule has 0 saturated carbocycles. The lowest BCUT2D eigenvalue weighted by Gasteiger charge is -2.16. The minimum atomic E-state index is -0.582. The Balaban J connectivity index is 1.90. The van der Waals surface area contributed by atoms with E-state index in [9.17, 15) is 4.79 Å². The summed E-state index contributed by atoms with van der Waals surface area (Å²) in [6.45, 7) is 2.83. The summed E-state index contributed by atoms with van der Waals surface area (Å²) in [4.78, 5) is 17.8. The Bertz CT molecular complexity index is 673. The monoisotopic (exact) mass is 375 g/mol. The number of rotatable bonds is 10. The van der Waals surface area contributed by atoms with Crippen LogP contribution in [0, 0.1) is 0 Å². The van der Waals surface area contributed by atoms with E-state index >= 15 is 0 Å². The lowest BCUT2D eigenvalue weighted by atomic mass is 10.1. The highest BCUT2D eigenvalue weighted by atomic mass is 32.2. The number of carbonyl (C=O) groups is 1. The van der Waals surface area contributed by atoms with Gasteiger partial charge in [-0.2, -0.15) is 0 Å². The molecule has 26 heavy (non-hydrogen) atoms. The predicted molar refractivity (Wildman–Crippen MR) is 103 cm³/mol. The fourth-order valence-corrected chi connectivity index (χ4v) is 2.83. The van der Waals surface area contributed by atoms with E-state index in [0.29, 0.717) is 19.6 Å². The summed E-state index contributed by atoms with van der Waals surface area (Å²) >= 11 is 1.72. The highest BCUT2D eigenvalue weighted by molar-refractivity contribution is 7.98. The van der Waals surface area contributed by atoms with Crippen molar-refractivity contribution in [3.8, 4) is 5.75 Å². The van der Waals surface area contributed by atoms with Crippen LogP contribution in [-0.4, -0.2) is 32.0 Å². The highest BCUT2D eigenvalue weighted by Crippen LogP contribution is 2.18. The maximum Gasteiger partial charge on any atom is 0.272 e. The molecule has 0 aromatic heterocycles. The summed E-state index contributed by atoms with van der Waals surface area (Å²) < 4.78 is 11.3. The van der Waals surface area contributed by atoms with Gasteiger partial charge < -0.3 is 9.47 Å². The first-order valence-corrected chi connectivity index (χ1v) is 9.67. The lowest BCUT2D eigenvalue weighted by Crippen LogP contribution is -2.37. The number of hydrogen-bond acceptors (Lipinski definition) is 5. The molecule has 1 atom stereocenters. The van der Waals surface area contributed by atoms with Crippen LogP contribution in [0.15, 0.2) is 53.4 Å². The second-order valence-corrected chi connectivity index (χ2v) is 6.48. The molecule has 0 fully saturated rings. The van der Waals surface area contributed by atoms with Gasteiger partial charge in [-0.15, -0.1) is 11.8 Å². The standard InChI is InChI=1S/C20H25NO4S/c1-4-24-19(20(22)21-23-2)13-15-5-9-17(10-6-15)25-14-16-7-11-18(26-3)12-8-16/h5-12,19H,4,13-14H2,1-3H3,(H,21,22)/t19-/m0/s1. The second kappa shape index (κ2) is 10.9. The molecule has 0 bridgehead atoms. The minimum Gasteiger partial charge on any atom is -0.489 e. The van der Waals surface area contributed by atoms with Crippen LogP contribution in [0.5, 0.6) is 5.75 Å². The van der Waals surface area contributed by atoms with Crippen LogP contribution >= 0.6 is 11.8 Å². The first-order chi connectivity index (χ1) is 12.7. The van der Waals surface area contributed by atoms with Crippen LogP contribution in [0.4, 0.5) is 0 Å². The average Bonchev–Trinajstić information content (AvgIpc) is 2.67. The maximum atomic E-state index is 11.9. The Hall–Kier alpha value is -2.02. The molecule has 1 amide bonds. The highest BCUT2D eigenvalue weighted by Gasteiger charge is 2.19. The van der Waals surface area contributed by atoms with Crippen molar-refractivity contribution in [1.82, 2.24) is 5.48 Å². The van der Waals surface area contributed by atoms with Crippen LogP contribution < -0.4 is 10.2 Å². The molecular formula is C20H25NO4S. The van der Waals surface area contributed by atoms with Gasteiger partial charge in [0.1, 0.15) is 18.5 Å². The van der Waals surface area contributed by atoms with Gasteiger partial charge in [0, 0.05) is 17.9 Å². The number of carbonyl (C=O) groups excluding carboxylic acids is 1. The van der Waals surface area contributed by atoms with Gasteiger partial charge in [-0.3, -0.25) is 9.63 Å². The molecule has 0 heterocycles. The first-order valence-electron chi connectivity index (χ1n) is 8.45. The van der Waals surface area contributed by atoms with Crippen LogP contribution in [0.3, 0.4) is 0 Å². The Labute approximate surface area is 159 Å². The second-order valence-electron chi connectivity index (χ2n) is 5.60. The molecule has 0 aliphatic rings. The predicted octanol–water partition coefficient (Wildman–Crippen LogP) is 3.61. The van der Waals surface area contributed by atoms with Crippen molar-refractivity contribution in [2.45, 2.75) is 31.0 Å². The van der Waals surface area contributed by atoms with Crippen molar-refractivity contribution in [2.75, 3.05) is 20.0 Å².